The van der Waals surface area contributed by atoms with Crippen LogP contribution in [0.2, 0.25) is 0 Å². The minimum atomic E-state index is -4.40. The van der Waals surface area contributed by atoms with Crippen LogP contribution in [0.4, 0.5) is 13.2 Å². The van der Waals surface area contributed by atoms with Crippen LogP contribution in [0.1, 0.15) is 24.5 Å². The van der Waals surface area contributed by atoms with Gasteiger partial charge >= 0.3 is 6.18 Å². The van der Waals surface area contributed by atoms with Crippen molar-refractivity contribution in [1.82, 2.24) is 5.32 Å². The van der Waals surface area contributed by atoms with E-state index in [0.717, 1.165) is 12.1 Å². The van der Waals surface area contributed by atoms with Crippen LogP contribution in [0, 0.1) is 0 Å². The number of rotatable bonds is 6. The van der Waals surface area contributed by atoms with E-state index in [0.29, 0.717) is 17.7 Å². The van der Waals surface area contributed by atoms with Crippen LogP contribution in [-0.4, -0.2) is 12.0 Å². The van der Waals surface area contributed by atoms with E-state index in [1.165, 1.54) is 12.1 Å². The van der Waals surface area contributed by atoms with Gasteiger partial charge in [-0.2, -0.15) is 13.2 Å². The van der Waals surface area contributed by atoms with Gasteiger partial charge in [-0.15, -0.1) is 0 Å². The predicted octanol–water partition coefficient (Wildman–Crippen LogP) is 4.18. The number of amides is 1. The molecule has 0 fully saturated rings. The van der Waals surface area contributed by atoms with E-state index in [-0.39, 0.29) is 12.5 Å². The Balaban J connectivity index is 1.96. The van der Waals surface area contributed by atoms with Crippen molar-refractivity contribution in [3.05, 3.63) is 65.7 Å². The molecule has 6 heteroatoms. The zero-order valence-corrected chi connectivity index (χ0v) is 13.1. The van der Waals surface area contributed by atoms with E-state index >= 15 is 0 Å². The minimum Gasteiger partial charge on any atom is -0.481 e. The smallest absolute Gasteiger partial charge is 0.416 e. The van der Waals surface area contributed by atoms with Crippen LogP contribution in [0.25, 0.3) is 0 Å². The van der Waals surface area contributed by atoms with E-state index in [1.807, 2.05) is 6.07 Å². The predicted molar refractivity (Wildman–Crippen MR) is 84.4 cm³/mol. The molecule has 0 radical (unpaired) electrons. The molecule has 0 bridgehead atoms. The topological polar surface area (TPSA) is 38.3 Å². The molecule has 0 saturated heterocycles. The molecule has 2 rings (SSSR count). The highest BCUT2D eigenvalue weighted by molar-refractivity contribution is 5.81. The van der Waals surface area contributed by atoms with Gasteiger partial charge in [0.25, 0.3) is 5.91 Å². The molecular formula is C18H18F3NO2. The van der Waals surface area contributed by atoms with Gasteiger partial charge in [0.1, 0.15) is 5.75 Å². The van der Waals surface area contributed by atoms with Crippen molar-refractivity contribution in [1.29, 1.82) is 0 Å². The maximum atomic E-state index is 12.7. The number of ether oxygens (including phenoxy) is 1. The van der Waals surface area contributed by atoms with Crippen LogP contribution in [-0.2, 0) is 17.5 Å². The summed E-state index contributed by atoms with van der Waals surface area (Å²) >= 11 is 0. The Morgan fingerprint density at radius 1 is 1.12 bits per heavy atom. The summed E-state index contributed by atoms with van der Waals surface area (Å²) in [5.41, 5.74) is -0.352. The van der Waals surface area contributed by atoms with Gasteiger partial charge in [0, 0.05) is 6.54 Å². The Morgan fingerprint density at radius 2 is 1.83 bits per heavy atom. The Hall–Kier alpha value is -2.50. The third kappa shape index (κ3) is 5.01. The number of carbonyl (C=O) groups is 1. The van der Waals surface area contributed by atoms with Crippen molar-refractivity contribution in [2.45, 2.75) is 32.2 Å². The second kappa shape index (κ2) is 7.86. The second-order valence-electron chi connectivity index (χ2n) is 5.24. The average Bonchev–Trinajstić information content (AvgIpc) is 2.58. The van der Waals surface area contributed by atoms with Crippen LogP contribution < -0.4 is 10.1 Å². The first-order valence-electron chi connectivity index (χ1n) is 7.55. The molecule has 0 saturated carbocycles. The third-order valence-corrected chi connectivity index (χ3v) is 3.41. The number of alkyl halides is 3. The third-order valence-electron chi connectivity index (χ3n) is 3.41. The molecule has 0 spiro atoms. The van der Waals surface area contributed by atoms with E-state index in [2.05, 4.69) is 5.32 Å². The van der Waals surface area contributed by atoms with Crippen LogP contribution >= 0.6 is 0 Å². The molecule has 0 aliphatic carbocycles. The fourth-order valence-corrected chi connectivity index (χ4v) is 2.15. The molecule has 2 aromatic rings. The Labute approximate surface area is 138 Å². The van der Waals surface area contributed by atoms with Crippen molar-refractivity contribution < 1.29 is 22.7 Å². The molecule has 1 atom stereocenters. The van der Waals surface area contributed by atoms with E-state index < -0.39 is 17.8 Å². The lowest BCUT2D eigenvalue weighted by molar-refractivity contribution is -0.137. The molecule has 3 nitrogen and oxygen atoms in total. The SMILES string of the molecule is CCC(Oc1ccccc1)C(=O)NCc1cccc(C(F)(F)F)c1. The number of hydrogen-bond donors (Lipinski definition) is 1. The molecule has 1 amide bonds. The summed E-state index contributed by atoms with van der Waals surface area (Å²) in [6.45, 7) is 1.81. The van der Waals surface area contributed by atoms with E-state index in [9.17, 15) is 18.0 Å². The lowest BCUT2D eigenvalue weighted by Gasteiger charge is -2.17. The van der Waals surface area contributed by atoms with Gasteiger partial charge in [-0.3, -0.25) is 4.79 Å². The summed E-state index contributed by atoms with van der Waals surface area (Å²) in [4.78, 5) is 12.2. The van der Waals surface area contributed by atoms with Gasteiger partial charge in [0.2, 0.25) is 0 Å². The van der Waals surface area contributed by atoms with Crippen molar-refractivity contribution >= 4 is 5.91 Å². The first kappa shape index (κ1) is 17.8. The maximum absolute atomic E-state index is 12.7. The van der Waals surface area contributed by atoms with Crippen LogP contribution in [0.5, 0.6) is 5.75 Å². The largest absolute Gasteiger partial charge is 0.481 e. The first-order chi connectivity index (χ1) is 11.4. The highest BCUT2D eigenvalue weighted by atomic mass is 19.4. The van der Waals surface area contributed by atoms with Crippen LogP contribution in [0.15, 0.2) is 54.6 Å². The Bertz CT molecular complexity index is 671. The fraction of sp³-hybridized carbons (Fsp3) is 0.278. The summed E-state index contributed by atoms with van der Waals surface area (Å²) in [6.07, 6.45) is -4.65. The fourth-order valence-electron chi connectivity index (χ4n) is 2.15. The molecule has 2 aromatic carbocycles. The molecule has 24 heavy (non-hydrogen) atoms. The van der Waals surface area contributed by atoms with E-state index in [4.69, 9.17) is 4.74 Å². The highest BCUT2D eigenvalue weighted by Gasteiger charge is 2.30. The number of benzene rings is 2. The van der Waals surface area contributed by atoms with Crippen LogP contribution in [0.3, 0.4) is 0 Å². The maximum Gasteiger partial charge on any atom is 0.416 e. The number of para-hydroxylation sites is 1. The lowest BCUT2D eigenvalue weighted by Crippen LogP contribution is -2.37. The zero-order chi connectivity index (χ0) is 17.6. The van der Waals surface area contributed by atoms with Gasteiger partial charge in [-0.25, -0.2) is 0 Å². The van der Waals surface area contributed by atoms with Gasteiger partial charge in [0.15, 0.2) is 6.10 Å². The first-order valence-corrected chi connectivity index (χ1v) is 7.55. The molecule has 0 heterocycles. The van der Waals surface area contributed by atoms with Gasteiger partial charge < -0.3 is 10.1 Å². The second-order valence-corrected chi connectivity index (χ2v) is 5.24. The molecular weight excluding hydrogens is 319 g/mol. The van der Waals surface area contributed by atoms with E-state index in [1.54, 1.807) is 31.2 Å². The highest BCUT2D eigenvalue weighted by Crippen LogP contribution is 2.29. The molecule has 0 aromatic heterocycles. The molecule has 0 aliphatic rings. The zero-order valence-electron chi connectivity index (χ0n) is 13.1. The molecule has 1 N–H and O–H groups in total. The quantitative estimate of drug-likeness (QED) is 0.859. The number of carbonyl (C=O) groups excluding carboxylic acids is 1. The number of hydrogen-bond acceptors (Lipinski definition) is 2. The molecule has 128 valence electrons. The van der Waals surface area contributed by atoms with Crippen molar-refractivity contribution in [3.8, 4) is 5.75 Å². The lowest BCUT2D eigenvalue weighted by atomic mass is 10.1. The standard InChI is InChI=1S/C18H18F3NO2/c1-2-16(24-15-9-4-3-5-10-15)17(23)22-12-13-7-6-8-14(11-13)18(19,20)21/h3-11,16H,2,12H2,1H3,(H,22,23). The summed E-state index contributed by atoms with van der Waals surface area (Å²) < 4.78 is 43.7. The molecule has 0 aliphatic heterocycles. The summed E-state index contributed by atoms with van der Waals surface area (Å²) in [7, 11) is 0. The molecule has 1 unspecified atom stereocenters. The number of halogens is 3. The van der Waals surface area contributed by atoms with Gasteiger partial charge in [-0.1, -0.05) is 37.3 Å². The summed E-state index contributed by atoms with van der Waals surface area (Å²) in [5, 5.41) is 2.62. The summed E-state index contributed by atoms with van der Waals surface area (Å²) in [5.74, 6) is 0.206. The Kier molecular flexibility index (Phi) is 5.84. The van der Waals surface area contributed by atoms with Crippen molar-refractivity contribution in [2.24, 2.45) is 0 Å². The van der Waals surface area contributed by atoms with Crippen molar-refractivity contribution in [3.63, 3.8) is 0 Å². The summed E-state index contributed by atoms with van der Waals surface area (Å²) in [6, 6.07) is 13.8. The Morgan fingerprint density at radius 3 is 2.46 bits per heavy atom. The van der Waals surface area contributed by atoms with Gasteiger partial charge in [-0.05, 0) is 36.2 Å². The normalized spacial score (nSPS) is 12.5. The average molecular weight is 337 g/mol. The van der Waals surface area contributed by atoms with Gasteiger partial charge in [0.05, 0.1) is 5.56 Å². The number of nitrogens with one attached hydrogen (secondary N) is 1. The minimum absolute atomic E-state index is 0.0113. The monoisotopic (exact) mass is 337 g/mol. The van der Waals surface area contributed by atoms with Crippen molar-refractivity contribution in [2.75, 3.05) is 0 Å².